The monoisotopic (exact) mass is 231 g/mol. The van der Waals surface area contributed by atoms with Gasteiger partial charge in [-0.15, -0.1) is 0 Å². The fraction of sp³-hybridized carbons (Fsp3) is 0.533. The zero-order valence-electron chi connectivity index (χ0n) is 11.0. The number of hydrogen-bond donors (Lipinski definition) is 0. The van der Waals surface area contributed by atoms with Crippen LogP contribution in [0, 0.1) is 12.8 Å². The number of anilines is 1. The van der Waals surface area contributed by atoms with Crippen molar-refractivity contribution < 1.29 is 4.79 Å². The molecule has 1 aromatic carbocycles. The first kappa shape index (κ1) is 12.2. The van der Waals surface area contributed by atoms with Gasteiger partial charge < -0.3 is 4.90 Å². The molecule has 1 aliphatic heterocycles. The molecule has 0 aromatic heterocycles. The van der Waals surface area contributed by atoms with Gasteiger partial charge in [0.25, 0.3) is 0 Å². The molecule has 17 heavy (non-hydrogen) atoms. The lowest BCUT2D eigenvalue weighted by atomic mass is 9.97. The fourth-order valence-corrected chi connectivity index (χ4v) is 2.53. The van der Waals surface area contributed by atoms with Crippen molar-refractivity contribution in [2.24, 2.45) is 5.92 Å². The lowest BCUT2D eigenvalue weighted by Crippen LogP contribution is -2.40. The van der Waals surface area contributed by atoms with E-state index in [1.54, 1.807) is 0 Å². The number of benzene rings is 1. The fourth-order valence-electron chi connectivity index (χ4n) is 2.53. The maximum absolute atomic E-state index is 12.2. The van der Waals surface area contributed by atoms with Crippen LogP contribution in [0.4, 0.5) is 5.69 Å². The van der Waals surface area contributed by atoms with E-state index in [-0.39, 0.29) is 11.8 Å². The minimum Gasteiger partial charge on any atom is -0.312 e. The van der Waals surface area contributed by atoms with E-state index in [0.717, 1.165) is 31.5 Å². The Bertz CT molecular complexity index is 425. The van der Waals surface area contributed by atoms with Crippen molar-refractivity contribution in [2.45, 2.75) is 40.0 Å². The van der Waals surface area contributed by atoms with Gasteiger partial charge in [-0.2, -0.15) is 0 Å². The Balaban J connectivity index is 2.30. The smallest absolute Gasteiger partial charge is 0.229 e. The highest BCUT2D eigenvalue weighted by molar-refractivity contribution is 5.96. The summed E-state index contributed by atoms with van der Waals surface area (Å²) in [5.74, 6) is 0.456. The number of piperidine rings is 1. The minimum atomic E-state index is 0.175. The van der Waals surface area contributed by atoms with Crippen molar-refractivity contribution in [1.29, 1.82) is 0 Å². The van der Waals surface area contributed by atoms with Crippen LogP contribution in [0.25, 0.3) is 0 Å². The highest BCUT2D eigenvalue weighted by atomic mass is 16.2. The number of nitrogens with zero attached hydrogens (tertiary/aromatic N) is 1. The van der Waals surface area contributed by atoms with Gasteiger partial charge in [-0.1, -0.05) is 26.0 Å². The van der Waals surface area contributed by atoms with Gasteiger partial charge in [-0.05, 0) is 43.4 Å². The van der Waals surface area contributed by atoms with Crippen molar-refractivity contribution in [3.8, 4) is 0 Å². The van der Waals surface area contributed by atoms with Crippen LogP contribution in [-0.4, -0.2) is 12.5 Å². The van der Waals surface area contributed by atoms with Crippen molar-refractivity contribution in [3.63, 3.8) is 0 Å². The standard InChI is InChI=1S/C15H21NO/c1-4-13-7-8-14(12(3)10-13)16-9-5-6-11(2)15(16)17/h7-8,10-11H,4-6,9H2,1-3H3. The quantitative estimate of drug-likeness (QED) is 0.764. The summed E-state index contributed by atoms with van der Waals surface area (Å²) < 4.78 is 0. The van der Waals surface area contributed by atoms with Crippen molar-refractivity contribution in [1.82, 2.24) is 0 Å². The Kier molecular flexibility index (Phi) is 3.51. The molecule has 1 amide bonds. The number of hydrogen-bond acceptors (Lipinski definition) is 1. The molecule has 0 saturated carbocycles. The third-order valence-electron chi connectivity index (χ3n) is 3.67. The summed E-state index contributed by atoms with van der Waals surface area (Å²) in [6.45, 7) is 7.16. The van der Waals surface area contributed by atoms with Gasteiger partial charge in [0.15, 0.2) is 0 Å². The highest BCUT2D eigenvalue weighted by Crippen LogP contribution is 2.27. The molecule has 0 aliphatic carbocycles. The molecule has 92 valence electrons. The Hall–Kier alpha value is -1.31. The topological polar surface area (TPSA) is 20.3 Å². The average Bonchev–Trinajstić information content (AvgIpc) is 2.33. The van der Waals surface area contributed by atoms with Crippen molar-refractivity contribution >= 4 is 11.6 Å². The lowest BCUT2D eigenvalue weighted by molar-refractivity contribution is -0.123. The van der Waals surface area contributed by atoms with E-state index in [4.69, 9.17) is 0 Å². The van der Waals surface area contributed by atoms with Gasteiger partial charge in [0, 0.05) is 18.2 Å². The summed E-state index contributed by atoms with van der Waals surface area (Å²) in [5, 5.41) is 0. The van der Waals surface area contributed by atoms with Gasteiger partial charge in [0.1, 0.15) is 0 Å². The van der Waals surface area contributed by atoms with Crippen LogP contribution in [0.15, 0.2) is 18.2 Å². The summed E-state index contributed by atoms with van der Waals surface area (Å²) in [5.41, 5.74) is 3.65. The van der Waals surface area contributed by atoms with Gasteiger partial charge in [-0.25, -0.2) is 0 Å². The van der Waals surface area contributed by atoms with E-state index in [0.29, 0.717) is 0 Å². The molecule has 1 fully saturated rings. The number of carbonyl (C=O) groups is 1. The zero-order chi connectivity index (χ0) is 12.4. The zero-order valence-corrected chi connectivity index (χ0v) is 11.0. The number of amides is 1. The molecule has 1 aliphatic rings. The molecule has 2 rings (SSSR count). The Labute approximate surface area is 104 Å². The second kappa shape index (κ2) is 4.91. The molecule has 0 N–H and O–H groups in total. The lowest BCUT2D eigenvalue weighted by Gasteiger charge is -2.31. The van der Waals surface area contributed by atoms with Crippen molar-refractivity contribution in [2.75, 3.05) is 11.4 Å². The second-order valence-electron chi connectivity index (χ2n) is 5.01. The predicted molar refractivity (Wildman–Crippen MR) is 71.3 cm³/mol. The molecule has 1 unspecified atom stereocenters. The normalized spacial score (nSPS) is 20.8. The first-order chi connectivity index (χ1) is 8.13. The molecule has 0 radical (unpaired) electrons. The maximum Gasteiger partial charge on any atom is 0.229 e. The first-order valence-electron chi connectivity index (χ1n) is 6.54. The Morgan fingerprint density at radius 2 is 2.18 bits per heavy atom. The average molecular weight is 231 g/mol. The van der Waals surface area contributed by atoms with Crippen LogP contribution < -0.4 is 4.90 Å². The molecule has 1 saturated heterocycles. The van der Waals surface area contributed by atoms with Crippen LogP contribution >= 0.6 is 0 Å². The maximum atomic E-state index is 12.2. The van der Waals surface area contributed by atoms with Crippen LogP contribution in [0.3, 0.4) is 0 Å². The molecule has 0 bridgehead atoms. The van der Waals surface area contributed by atoms with E-state index in [1.165, 1.54) is 11.1 Å². The van der Waals surface area contributed by atoms with E-state index in [2.05, 4.69) is 32.0 Å². The van der Waals surface area contributed by atoms with Gasteiger partial charge in [-0.3, -0.25) is 4.79 Å². The summed E-state index contributed by atoms with van der Waals surface area (Å²) in [6, 6.07) is 6.43. The molecular weight excluding hydrogens is 210 g/mol. The van der Waals surface area contributed by atoms with Crippen molar-refractivity contribution in [3.05, 3.63) is 29.3 Å². The minimum absolute atomic E-state index is 0.175. The summed E-state index contributed by atoms with van der Waals surface area (Å²) in [4.78, 5) is 14.1. The Morgan fingerprint density at radius 3 is 2.82 bits per heavy atom. The molecule has 1 atom stereocenters. The van der Waals surface area contributed by atoms with E-state index >= 15 is 0 Å². The SMILES string of the molecule is CCc1ccc(N2CCCC(C)C2=O)c(C)c1. The molecular formula is C15H21NO. The first-order valence-corrected chi connectivity index (χ1v) is 6.54. The molecule has 2 heteroatoms. The highest BCUT2D eigenvalue weighted by Gasteiger charge is 2.26. The van der Waals surface area contributed by atoms with Gasteiger partial charge in [0.2, 0.25) is 5.91 Å². The summed E-state index contributed by atoms with van der Waals surface area (Å²) >= 11 is 0. The molecule has 0 spiro atoms. The summed E-state index contributed by atoms with van der Waals surface area (Å²) in [7, 11) is 0. The van der Waals surface area contributed by atoms with Gasteiger partial charge >= 0.3 is 0 Å². The Morgan fingerprint density at radius 1 is 1.41 bits per heavy atom. The van der Waals surface area contributed by atoms with E-state index < -0.39 is 0 Å². The largest absolute Gasteiger partial charge is 0.312 e. The number of rotatable bonds is 2. The van der Waals surface area contributed by atoms with Crippen LogP contribution in [-0.2, 0) is 11.2 Å². The molecule has 2 nitrogen and oxygen atoms in total. The van der Waals surface area contributed by atoms with Crippen LogP contribution in [0.5, 0.6) is 0 Å². The second-order valence-corrected chi connectivity index (χ2v) is 5.01. The van der Waals surface area contributed by atoms with E-state index in [1.807, 2.05) is 11.8 Å². The predicted octanol–water partition coefficient (Wildman–Crippen LogP) is 3.32. The van der Waals surface area contributed by atoms with E-state index in [9.17, 15) is 4.79 Å². The summed E-state index contributed by atoms with van der Waals surface area (Å²) in [6.07, 6.45) is 3.19. The van der Waals surface area contributed by atoms with Crippen LogP contribution in [0.1, 0.15) is 37.8 Å². The third kappa shape index (κ3) is 2.36. The molecule has 1 heterocycles. The molecule has 1 aromatic rings. The number of aryl methyl sites for hydroxylation is 2. The third-order valence-corrected chi connectivity index (χ3v) is 3.67. The number of carbonyl (C=O) groups excluding carboxylic acids is 1. The van der Waals surface area contributed by atoms with Gasteiger partial charge in [0.05, 0.1) is 0 Å². The van der Waals surface area contributed by atoms with Crippen LogP contribution in [0.2, 0.25) is 0 Å².